The topological polar surface area (TPSA) is 81.2 Å². The molecule has 0 spiro atoms. The van der Waals surface area contributed by atoms with Gasteiger partial charge in [0.2, 0.25) is 0 Å². The summed E-state index contributed by atoms with van der Waals surface area (Å²) in [6, 6.07) is 24.1. The van der Waals surface area contributed by atoms with Gasteiger partial charge in [0.05, 0.1) is 34.4 Å². The molecule has 0 fully saturated rings. The zero-order chi connectivity index (χ0) is 21.5. The van der Waals surface area contributed by atoms with E-state index in [1.54, 1.807) is 0 Å². The van der Waals surface area contributed by atoms with Gasteiger partial charge >= 0.3 is 0 Å². The minimum atomic E-state index is 0.633. The molecule has 32 heavy (non-hydrogen) atoms. The molecule has 2 aliphatic heterocycles. The molecule has 6 rings (SSSR count). The van der Waals surface area contributed by atoms with Crippen LogP contribution in [0.25, 0.3) is 57.5 Å². The Morgan fingerprint density at radius 3 is 1.84 bits per heavy atom. The van der Waals surface area contributed by atoms with Crippen LogP contribution in [0.15, 0.2) is 66.7 Å². The summed E-state index contributed by atoms with van der Waals surface area (Å²) >= 11 is 0. The molecule has 0 unspecified atom stereocenters. The maximum Gasteiger partial charge on any atom is 0.0998 e. The summed E-state index contributed by atoms with van der Waals surface area (Å²) in [5, 5.41) is 9.63. The molecule has 0 saturated heterocycles. The summed E-state index contributed by atoms with van der Waals surface area (Å²) in [7, 11) is 0. The summed E-state index contributed by atoms with van der Waals surface area (Å²) in [4.78, 5) is 16.3. The number of aromatic amines is 2. The van der Waals surface area contributed by atoms with Gasteiger partial charge in [-0.1, -0.05) is 18.2 Å². The van der Waals surface area contributed by atoms with Crippen molar-refractivity contribution in [1.29, 1.82) is 5.26 Å². The minimum Gasteiger partial charge on any atom is -0.355 e. The number of H-pyrrole nitrogens is 2. The fourth-order valence-corrected chi connectivity index (χ4v) is 4.06. The van der Waals surface area contributed by atoms with Crippen molar-refractivity contribution >= 4 is 46.4 Å². The number of rotatable bonds is 1. The van der Waals surface area contributed by atoms with Crippen molar-refractivity contribution in [1.82, 2.24) is 19.9 Å². The third-order valence-electron chi connectivity index (χ3n) is 5.51. The van der Waals surface area contributed by atoms with E-state index in [0.29, 0.717) is 5.56 Å². The van der Waals surface area contributed by atoms with Crippen molar-refractivity contribution in [3.05, 3.63) is 95.1 Å². The largest absolute Gasteiger partial charge is 0.355 e. The molecule has 1 aromatic carbocycles. The summed E-state index contributed by atoms with van der Waals surface area (Å²) in [6.45, 7) is 0. The number of aromatic nitrogens is 4. The molecule has 3 aromatic heterocycles. The highest BCUT2D eigenvalue weighted by molar-refractivity contribution is 5.89. The average Bonchev–Trinajstić information content (AvgIpc) is 3.59. The Labute approximate surface area is 184 Å². The Hall–Kier alpha value is -4.69. The van der Waals surface area contributed by atoms with Crippen LogP contribution < -0.4 is 0 Å². The molecule has 5 nitrogen and oxygen atoms in total. The minimum absolute atomic E-state index is 0.633. The first-order valence-electron chi connectivity index (χ1n) is 10.3. The molecule has 2 N–H and O–H groups in total. The van der Waals surface area contributed by atoms with E-state index < -0.39 is 0 Å². The zero-order valence-corrected chi connectivity index (χ0v) is 17.0. The first-order chi connectivity index (χ1) is 15.7. The molecule has 8 bridgehead atoms. The van der Waals surface area contributed by atoms with Gasteiger partial charge in [0.25, 0.3) is 0 Å². The van der Waals surface area contributed by atoms with Crippen molar-refractivity contribution in [3.8, 4) is 17.2 Å². The van der Waals surface area contributed by atoms with Crippen LogP contribution in [0.1, 0.15) is 28.3 Å². The van der Waals surface area contributed by atoms with E-state index >= 15 is 0 Å². The second-order valence-electron chi connectivity index (χ2n) is 7.75. The molecular weight excluding hydrogens is 394 g/mol. The van der Waals surface area contributed by atoms with E-state index in [4.69, 9.17) is 9.97 Å². The van der Waals surface area contributed by atoms with Crippen molar-refractivity contribution in [2.24, 2.45) is 0 Å². The Kier molecular flexibility index (Phi) is 4.09. The van der Waals surface area contributed by atoms with Gasteiger partial charge in [0.1, 0.15) is 0 Å². The maximum atomic E-state index is 9.63. The Bertz CT molecular complexity index is 1640. The van der Waals surface area contributed by atoms with Crippen molar-refractivity contribution in [2.45, 2.75) is 0 Å². The highest BCUT2D eigenvalue weighted by Gasteiger charge is 2.10. The first-order valence-corrected chi connectivity index (χ1v) is 10.3. The standard InChI is InChI=1S/C27H17N5/c28-16-17-3-1-2-4-25(17)26-14-24-13-22-8-7-20(30-22)11-18-5-6-19(29-18)12-21-9-10-23(31-21)15-27(26)32-24/h1-15,29,32H. The number of hydrogen-bond donors (Lipinski definition) is 2. The number of hydrogen-bond acceptors (Lipinski definition) is 3. The molecule has 5 heteroatoms. The zero-order valence-electron chi connectivity index (χ0n) is 17.0. The van der Waals surface area contributed by atoms with Gasteiger partial charge in [-0.25, -0.2) is 9.97 Å². The van der Waals surface area contributed by atoms with Crippen LogP contribution in [-0.2, 0) is 0 Å². The fourth-order valence-electron chi connectivity index (χ4n) is 4.06. The Morgan fingerprint density at radius 2 is 1.19 bits per heavy atom. The molecular formula is C27H17N5. The van der Waals surface area contributed by atoms with E-state index in [2.05, 4.69) is 22.1 Å². The predicted octanol–water partition coefficient (Wildman–Crippen LogP) is 6.19. The summed E-state index contributed by atoms with van der Waals surface area (Å²) < 4.78 is 0. The molecule has 0 atom stereocenters. The summed E-state index contributed by atoms with van der Waals surface area (Å²) in [6.07, 6.45) is 7.99. The molecule has 5 heterocycles. The van der Waals surface area contributed by atoms with Crippen LogP contribution in [0.3, 0.4) is 0 Å². The van der Waals surface area contributed by atoms with E-state index in [1.165, 1.54) is 0 Å². The number of nitrogens with zero attached hydrogens (tertiary/aromatic N) is 3. The van der Waals surface area contributed by atoms with E-state index in [-0.39, 0.29) is 0 Å². The van der Waals surface area contributed by atoms with Gasteiger partial charge in [-0.15, -0.1) is 0 Å². The fraction of sp³-hybridized carbons (Fsp3) is 0. The third-order valence-corrected chi connectivity index (χ3v) is 5.51. The molecule has 0 amide bonds. The lowest BCUT2D eigenvalue weighted by Gasteiger charge is -2.01. The molecule has 0 aliphatic carbocycles. The van der Waals surface area contributed by atoms with E-state index in [0.717, 1.165) is 56.0 Å². The molecule has 150 valence electrons. The van der Waals surface area contributed by atoms with Crippen LogP contribution in [-0.4, -0.2) is 19.9 Å². The number of nitrogens with one attached hydrogen (secondary N) is 2. The molecule has 4 aromatic rings. The number of fused-ring (bicyclic) bond motifs is 8. The SMILES string of the molecule is N#Cc1ccccc1-c1cc2cc3nc(cc4ccc(cc5nc(cc1[nH]2)C=C5)[nH]4)C=C3. The Morgan fingerprint density at radius 1 is 0.594 bits per heavy atom. The van der Waals surface area contributed by atoms with Crippen molar-refractivity contribution < 1.29 is 0 Å². The number of nitriles is 1. The van der Waals surface area contributed by atoms with Crippen LogP contribution in [0.2, 0.25) is 0 Å². The van der Waals surface area contributed by atoms with Crippen molar-refractivity contribution in [2.75, 3.05) is 0 Å². The smallest absolute Gasteiger partial charge is 0.0998 e. The van der Waals surface area contributed by atoms with Gasteiger partial charge in [-0.2, -0.15) is 5.26 Å². The molecule has 2 aliphatic rings. The maximum absolute atomic E-state index is 9.63. The highest BCUT2D eigenvalue weighted by atomic mass is 14.8. The van der Waals surface area contributed by atoms with Gasteiger partial charge in [0.15, 0.2) is 0 Å². The van der Waals surface area contributed by atoms with E-state index in [9.17, 15) is 5.26 Å². The predicted molar refractivity (Wildman–Crippen MR) is 129 cm³/mol. The van der Waals surface area contributed by atoms with Crippen LogP contribution >= 0.6 is 0 Å². The normalized spacial score (nSPS) is 12.1. The Balaban J connectivity index is 1.69. The summed E-state index contributed by atoms with van der Waals surface area (Å²) in [5.74, 6) is 0. The van der Waals surface area contributed by atoms with Gasteiger partial charge < -0.3 is 9.97 Å². The van der Waals surface area contributed by atoms with Gasteiger partial charge in [0, 0.05) is 33.2 Å². The van der Waals surface area contributed by atoms with Crippen molar-refractivity contribution in [3.63, 3.8) is 0 Å². The second kappa shape index (κ2) is 7.22. The average molecular weight is 411 g/mol. The highest BCUT2D eigenvalue weighted by Crippen LogP contribution is 2.30. The van der Waals surface area contributed by atoms with Crippen LogP contribution in [0, 0.1) is 11.3 Å². The van der Waals surface area contributed by atoms with Gasteiger partial charge in [-0.3, -0.25) is 0 Å². The molecule has 0 radical (unpaired) electrons. The quantitative estimate of drug-likeness (QED) is 0.338. The molecule has 0 saturated carbocycles. The first kappa shape index (κ1) is 18.1. The van der Waals surface area contributed by atoms with Crippen LogP contribution in [0.5, 0.6) is 0 Å². The lowest BCUT2D eigenvalue weighted by molar-refractivity contribution is 1.31. The summed E-state index contributed by atoms with van der Waals surface area (Å²) in [5.41, 5.74) is 9.74. The van der Waals surface area contributed by atoms with Gasteiger partial charge in [-0.05, 0) is 72.8 Å². The second-order valence-corrected chi connectivity index (χ2v) is 7.75. The lowest BCUT2D eigenvalue weighted by Crippen LogP contribution is -1.82. The third kappa shape index (κ3) is 3.30. The lowest BCUT2D eigenvalue weighted by atomic mass is 10.0. The monoisotopic (exact) mass is 411 g/mol. The van der Waals surface area contributed by atoms with E-state index in [1.807, 2.05) is 85.0 Å². The van der Waals surface area contributed by atoms with Crippen LogP contribution in [0.4, 0.5) is 0 Å². The number of benzene rings is 1.